The van der Waals surface area contributed by atoms with Crippen molar-refractivity contribution in [2.24, 2.45) is 5.73 Å². The van der Waals surface area contributed by atoms with Crippen molar-refractivity contribution in [1.29, 1.82) is 0 Å². The van der Waals surface area contributed by atoms with Crippen LogP contribution in [-0.4, -0.2) is 14.0 Å². The molecular weight excluding hydrogens is 264 g/mol. The van der Waals surface area contributed by atoms with E-state index in [0.717, 1.165) is 16.9 Å². The van der Waals surface area contributed by atoms with Crippen LogP contribution < -0.4 is 10.2 Å². The van der Waals surface area contributed by atoms with E-state index in [4.69, 9.17) is 10.2 Å². The van der Waals surface area contributed by atoms with E-state index in [2.05, 4.69) is 23.3 Å². The molecule has 3 nitrogen and oxygen atoms in total. The Morgan fingerprint density at radius 2 is 1.90 bits per heavy atom. The molecular formula is C16H20N2OSi. The maximum absolute atomic E-state index is 6.08. The van der Waals surface area contributed by atoms with Crippen LogP contribution in [0, 0.1) is 0 Å². The number of hydrogen-bond donors (Lipinski definition) is 1. The highest BCUT2D eigenvalue weighted by Gasteiger charge is 2.09. The van der Waals surface area contributed by atoms with Crippen LogP contribution in [0.15, 0.2) is 54.5 Å². The van der Waals surface area contributed by atoms with E-state index in [9.17, 15) is 0 Å². The molecule has 0 aliphatic rings. The fourth-order valence-corrected chi connectivity index (χ4v) is 3.11. The van der Waals surface area contributed by atoms with E-state index < -0.39 is 9.04 Å². The molecule has 4 heteroatoms. The highest BCUT2D eigenvalue weighted by atomic mass is 28.3. The predicted octanol–water partition coefficient (Wildman–Crippen LogP) is 3.09. The van der Waals surface area contributed by atoms with Gasteiger partial charge in [0.25, 0.3) is 9.04 Å². The molecule has 1 aromatic heterocycles. The fraction of sp³-hybridized carbons (Fsp3) is 0.188. The van der Waals surface area contributed by atoms with Gasteiger partial charge in [0.1, 0.15) is 5.75 Å². The number of nitrogens with two attached hydrogens (primary N) is 1. The van der Waals surface area contributed by atoms with Crippen LogP contribution in [0.4, 0.5) is 0 Å². The summed E-state index contributed by atoms with van der Waals surface area (Å²) in [6.07, 6.45) is 5.67. The lowest BCUT2D eigenvalue weighted by Gasteiger charge is -2.16. The van der Waals surface area contributed by atoms with Crippen molar-refractivity contribution in [3.63, 3.8) is 0 Å². The number of pyridine rings is 1. The highest BCUT2D eigenvalue weighted by Crippen LogP contribution is 2.23. The molecule has 0 aliphatic heterocycles. The van der Waals surface area contributed by atoms with E-state index in [-0.39, 0.29) is 6.04 Å². The van der Waals surface area contributed by atoms with Crippen molar-refractivity contribution in [2.45, 2.75) is 19.5 Å². The number of aromatic nitrogens is 1. The summed E-state index contributed by atoms with van der Waals surface area (Å²) in [5.41, 5.74) is 10.3. The zero-order chi connectivity index (χ0) is 14.4. The molecule has 0 aliphatic carbocycles. The number of benzene rings is 1. The van der Waals surface area contributed by atoms with E-state index in [1.165, 1.54) is 0 Å². The lowest BCUT2D eigenvalue weighted by molar-refractivity contribution is 0.567. The summed E-state index contributed by atoms with van der Waals surface area (Å²) in [6.45, 7) is 4.12. The standard InChI is InChI=1S/C16H20N2OSi/c1-13(17)15-5-3-4-6-16(15)19-20(2)12-9-14-7-10-18-11-8-14/h3-13,20H,17H2,1-2H3/b12-9+. The topological polar surface area (TPSA) is 48.1 Å². The molecule has 0 saturated heterocycles. The summed E-state index contributed by atoms with van der Waals surface area (Å²) >= 11 is 0. The largest absolute Gasteiger partial charge is 0.543 e. The number of para-hydroxylation sites is 1. The molecule has 104 valence electrons. The summed E-state index contributed by atoms with van der Waals surface area (Å²) in [4.78, 5) is 4.00. The molecule has 1 aromatic carbocycles. The van der Waals surface area contributed by atoms with Gasteiger partial charge in [0.15, 0.2) is 0 Å². The maximum atomic E-state index is 6.08. The molecule has 0 spiro atoms. The third-order valence-electron chi connectivity index (χ3n) is 2.99. The quantitative estimate of drug-likeness (QED) is 0.858. The van der Waals surface area contributed by atoms with Crippen molar-refractivity contribution in [1.82, 2.24) is 4.98 Å². The van der Waals surface area contributed by atoms with Gasteiger partial charge in [-0.15, -0.1) is 0 Å². The average molecular weight is 284 g/mol. The Labute approximate surface area is 121 Å². The van der Waals surface area contributed by atoms with Gasteiger partial charge >= 0.3 is 0 Å². The van der Waals surface area contributed by atoms with Gasteiger partial charge in [0.05, 0.1) is 0 Å². The van der Waals surface area contributed by atoms with E-state index >= 15 is 0 Å². The van der Waals surface area contributed by atoms with Gasteiger partial charge in [-0.1, -0.05) is 30.0 Å². The van der Waals surface area contributed by atoms with Crippen molar-refractivity contribution in [3.05, 3.63) is 65.6 Å². The first-order valence-electron chi connectivity index (χ1n) is 6.76. The molecule has 20 heavy (non-hydrogen) atoms. The van der Waals surface area contributed by atoms with Crippen molar-refractivity contribution in [2.75, 3.05) is 0 Å². The van der Waals surface area contributed by atoms with Crippen molar-refractivity contribution < 1.29 is 4.43 Å². The summed E-state index contributed by atoms with van der Waals surface area (Å²) in [7, 11) is -1.42. The third-order valence-corrected chi connectivity index (χ3v) is 4.35. The van der Waals surface area contributed by atoms with Crippen molar-refractivity contribution >= 4 is 15.1 Å². The van der Waals surface area contributed by atoms with E-state index in [1.807, 2.05) is 43.3 Å². The van der Waals surface area contributed by atoms with Crippen LogP contribution in [0.5, 0.6) is 5.75 Å². The zero-order valence-corrected chi connectivity index (χ0v) is 13.0. The van der Waals surface area contributed by atoms with Crippen LogP contribution >= 0.6 is 0 Å². The second-order valence-electron chi connectivity index (χ2n) is 4.79. The molecule has 2 aromatic rings. The minimum absolute atomic E-state index is 0.0171. The molecule has 0 saturated carbocycles. The first kappa shape index (κ1) is 14.5. The fourth-order valence-electron chi connectivity index (χ4n) is 1.92. The van der Waals surface area contributed by atoms with Gasteiger partial charge < -0.3 is 10.2 Å². The second-order valence-corrected chi connectivity index (χ2v) is 6.82. The molecule has 2 unspecified atom stereocenters. The van der Waals surface area contributed by atoms with Gasteiger partial charge in [0, 0.05) is 24.0 Å². The number of hydrogen-bond acceptors (Lipinski definition) is 3. The normalized spacial score (nSPS) is 14.2. The van der Waals surface area contributed by atoms with Crippen LogP contribution in [0.2, 0.25) is 6.55 Å². The van der Waals surface area contributed by atoms with Gasteiger partial charge in [-0.3, -0.25) is 4.98 Å². The Bertz CT molecular complexity index is 570. The van der Waals surface area contributed by atoms with Gasteiger partial charge in [-0.2, -0.15) is 0 Å². The van der Waals surface area contributed by atoms with E-state index in [0.29, 0.717) is 0 Å². The number of nitrogens with zero attached hydrogens (tertiary/aromatic N) is 1. The monoisotopic (exact) mass is 284 g/mol. The Morgan fingerprint density at radius 1 is 1.20 bits per heavy atom. The molecule has 2 rings (SSSR count). The second kappa shape index (κ2) is 7.03. The molecule has 2 N–H and O–H groups in total. The Balaban J connectivity index is 2.05. The SMILES string of the molecule is CC(N)c1ccccc1O[SiH](C)/C=C/c1ccncc1. The average Bonchev–Trinajstić information content (AvgIpc) is 2.46. The Hall–Kier alpha value is -1.91. The van der Waals surface area contributed by atoms with Gasteiger partial charge in [0.2, 0.25) is 0 Å². The van der Waals surface area contributed by atoms with Crippen LogP contribution in [0.3, 0.4) is 0 Å². The third kappa shape index (κ3) is 4.04. The summed E-state index contributed by atoms with van der Waals surface area (Å²) in [5, 5.41) is 0. The molecule has 0 fully saturated rings. The summed E-state index contributed by atoms with van der Waals surface area (Å²) in [5.74, 6) is 0.904. The van der Waals surface area contributed by atoms with Crippen molar-refractivity contribution in [3.8, 4) is 5.75 Å². The minimum Gasteiger partial charge on any atom is -0.543 e. The Morgan fingerprint density at radius 3 is 2.60 bits per heavy atom. The van der Waals surface area contributed by atoms with E-state index in [1.54, 1.807) is 12.4 Å². The predicted molar refractivity (Wildman–Crippen MR) is 86.0 cm³/mol. The minimum atomic E-state index is -1.42. The van der Waals surface area contributed by atoms with Gasteiger partial charge in [-0.25, -0.2) is 0 Å². The maximum Gasteiger partial charge on any atom is 0.257 e. The van der Waals surface area contributed by atoms with Crippen LogP contribution in [-0.2, 0) is 0 Å². The summed E-state index contributed by atoms with van der Waals surface area (Å²) < 4.78 is 6.08. The van der Waals surface area contributed by atoms with Crippen LogP contribution in [0.25, 0.3) is 6.08 Å². The van der Waals surface area contributed by atoms with Gasteiger partial charge in [-0.05, 0) is 37.2 Å². The Kier molecular flexibility index (Phi) is 5.09. The van der Waals surface area contributed by atoms with Crippen LogP contribution in [0.1, 0.15) is 24.1 Å². The molecule has 1 heterocycles. The zero-order valence-electron chi connectivity index (χ0n) is 11.9. The highest BCUT2D eigenvalue weighted by molar-refractivity contribution is 6.57. The lowest BCUT2D eigenvalue weighted by Crippen LogP contribution is -2.17. The molecule has 2 atom stereocenters. The lowest BCUT2D eigenvalue weighted by atomic mass is 10.1. The first-order valence-corrected chi connectivity index (χ1v) is 9.05. The summed E-state index contributed by atoms with van der Waals surface area (Å²) in [6, 6.07) is 11.9. The first-order chi connectivity index (χ1) is 9.66. The molecule has 0 bridgehead atoms. The smallest absolute Gasteiger partial charge is 0.257 e. The molecule has 0 amide bonds. The number of rotatable bonds is 5. The molecule has 0 radical (unpaired) electrons.